The van der Waals surface area contributed by atoms with Crippen LogP contribution in [0.15, 0.2) is 0 Å². The van der Waals surface area contributed by atoms with Gasteiger partial charge in [-0.2, -0.15) is 0 Å². The first-order chi connectivity index (χ1) is 26.9. The number of amides is 3. The number of hydrogen-bond donors (Lipinski definition) is 3. The standard InChI is InChI=1S/C44H61N3O9/c48-35-1-3-54-4-2-36(49)46-34(38(51)47-44-19-28-8-29(20-44)10-30(9-28)21-44)23-56-40(53)43-17-31-11-32(18-43)16-42(15-31,24-43)39(52)55-22-33(45-35)37(50)41-12-25-5-26(13-41)7-27(6-25)14-41/h25-34H,1-24H2,(H,45,48)(H,46,49)(H,47,51)/t25?,26?,27?,28?,29?,30?,31-,32+,33?,34?,41?,42?,43?,44?. The Balaban J connectivity index is 0.877. The van der Waals surface area contributed by atoms with Gasteiger partial charge in [0.15, 0.2) is 5.78 Å². The molecule has 2 spiro atoms. The molecule has 306 valence electrons. The predicted octanol–water partition coefficient (Wildman–Crippen LogP) is 4.31. The number of Topliss-reactive ketones (excluding diaryl/α,β-unsaturated/α-hetero) is 1. The lowest BCUT2D eigenvalue weighted by molar-refractivity contribution is -0.195. The van der Waals surface area contributed by atoms with Crippen molar-refractivity contribution in [1.29, 1.82) is 0 Å². The fraction of sp³-hybridized carbons (Fsp3) is 0.864. The molecular weight excluding hydrogens is 714 g/mol. The van der Waals surface area contributed by atoms with E-state index in [1.165, 1.54) is 38.5 Å². The molecule has 13 fully saturated rings. The van der Waals surface area contributed by atoms with Gasteiger partial charge >= 0.3 is 11.9 Å². The lowest BCUT2D eigenvalue weighted by atomic mass is 9.44. The quantitative estimate of drug-likeness (QED) is 0.353. The van der Waals surface area contributed by atoms with Gasteiger partial charge in [-0.1, -0.05) is 0 Å². The molecule has 3 amide bonds. The number of ketones is 1. The van der Waals surface area contributed by atoms with Gasteiger partial charge < -0.3 is 30.2 Å². The number of rotatable bonds is 4. The number of carbonyl (C=O) groups is 6. The zero-order chi connectivity index (χ0) is 38.5. The number of esters is 2. The highest BCUT2D eigenvalue weighted by Gasteiger charge is 2.65. The first kappa shape index (κ1) is 37.3. The molecule has 0 aromatic carbocycles. The third-order valence-electron chi connectivity index (χ3n) is 16.9. The van der Waals surface area contributed by atoms with E-state index in [9.17, 15) is 28.8 Å². The zero-order valence-corrected chi connectivity index (χ0v) is 32.9. The summed E-state index contributed by atoms with van der Waals surface area (Å²) in [5.74, 6) is 1.90. The second kappa shape index (κ2) is 13.8. The molecule has 12 nitrogen and oxygen atoms in total. The minimum Gasteiger partial charge on any atom is -0.463 e. The third kappa shape index (κ3) is 6.69. The molecule has 6 atom stereocenters. The lowest BCUT2D eigenvalue weighted by Gasteiger charge is -2.59. The van der Waals surface area contributed by atoms with Crippen molar-refractivity contribution in [3.63, 3.8) is 0 Å². The Morgan fingerprint density at radius 1 is 0.536 bits per heavy atom. The van der Waals surface area contributed by atoms with Crippen LogP contribution in [0.5, 0.6) is 0 Å². The van der Waals surface area contributed by atoms with Crippen LogP contribution < -0.4 is 16.0 Å². The number of hydrogen-bond acceptors (Lipinski definition) is 9. The van der Waals surface area contributed by atoms with Crippen LogP contribution in [0.2, 0.25) is 0 Å². The maximum absolute atomic E-state index is 14.5. The van der Waals surface area contributed by atoms with Crippen LogP contribution in [0.25, 0.3) is 0 Å². The molecule has 3 N–H and O–H groups in total. The first-order valence-corrected chi connectivity index (χ1v) is 22.3. The largest absolute Gasteiger partial charge is 0.463 e. The summed E-state index contributed by atoms with van der Waals surface area (Å²) in [4.78, 5) is 84.0. The van der Waals surface area contributed by atoms with Gasteiger partial charge in [0.05, 0.1) is 24.0 Å². The number of nitrogens with one attached hydrogen (secondary N) is 3. The maximum atomic E-state index is 14.5. The molecule has 1 heterocycles. The van der Waals surface area contributed by atoms with E-state index in [4.69, 9.17) is 14.2 Å². The maximum Gasteiger partial charge on any atom is 0.312 e. The Kier molecular flexibility index (Phi) is 9.18. The van der Waals surface area contributed by atoms with Gasteiger partial charge in [0.1, 0.15) is 25.3 Å². The van der Waals surface area contributed by atoms with Gasteiger partial charge in [-0.25, -0.2) is 0 Å². The van der Waals surface area contributed by atoms with E-state index in [1.807, 2.05) is 0 Å². The van der Waals surface area contributed by atoms with Gasteiger partial charge in [0.2, 0.25) is 17.7 Å². The monoisotopic (exact) mass is 775 g/mol. The van der Waals surface area contributed by atoms with Gasteiger partial charge in [0.25, 0.3) is 0 Å². The highest BCUT2D eigenvalue weighted by molar-refractivity contribution is 5.94. The van der Waals surface area contributed by atoms with E-state index in [1.54, 1.807) is 0 Å². The fourth-order valence-corrected chi connectivity index (χ4v) is 16.1. The summed E-state index contributed by atoms with van der Waals surface area (Å²) in [5.41, 5.74) is -2.53. The number of cyclic esters (lactones) is 2. The highest BCUT2D eigenvalue weighted by atomic mass is 16.5. The van der Waals surface area contributed by atoms with Crippen molar-refractivity contribution in [3.8, 4) is 0 Å². The lowest BCUT2D eigenvalue weighted by Crippen LogP contribution is -2.63. The Morgan fingerprint density at radius 3 is 1.43 bits per heavy atom. The van der Waals surface area contributed by atoms with Gasteiger partial charge in [-0.05, 0) is 163 Å². The van der Waals surface area contributed by atoms with Crippen LogP contribution in [0.4, 0.5) is 0 Å². The van der Waals surface area contributed by atoms with Gasteiger partial charge in [-0.3, -0.25) is 28.8 Å². The summed E-state index contributed by atoms with van der Waals surface area (Å²) < 4.78 is 17.9. The molecule has 4 unspecified atom stereocenters. The summed E-state index contributed by atoms with van der Waals surface area (Å²) in [6, 6.07) is -2.01. The summed E-state index contributed by atoms with van der Waals surface area (Å²) in [5, 5.41) is 9.17. The van der Waals surface area contributed by atoms with E-state index >= 15 is 0 Å². The summed E-state index contributed by atoms with van der Waals surface area (Å²) in [6.07, 6.45) is 16.3. The van der Waals surface area contributed by atoms with Crippen molar-refractivity contribution in [2.75, 3.05) is 26.4 Å². The minimum absolute atomic E-state index is 0.00942. The van der Waals surface area contributed by atoms with Gasteiger partial charge in [0, 0.05) is 23.8 Å². The van der Waals surface area contributed by atoms with E-state index in [2.05, 4.69) is 16.0 Å². The second-order valence-electron chi connectivity index (χ2n) is 21.3. The molecule has 0 radical (unpaired) electrons. The normalized spacial score (nSPS) is 48.4. The zero-order valence-electron chi connectivity index (χ0n) is 32.9. The topological polar surface area (TPSA) is 166 Å². The fourth-order valence-electron chi connectivity index (χ4n) is 16.1. The Morgan fingerprint density at radius 2 is 0.946 bits per heavy atom. The van der Waals surface area contributed by atoms with E-state index in [0.29, 0.717) is 67.6 Å². The SMILES string of the molecule is O=C1CCOCCC(=O)NC(C(=O)C23CC4CC(CC(C4)C2)C3)COC(=O)C23C[C@@H]4C[C@@H](CC(C4)(C2)C(=O)OCC(C(=O)NC24CC5CC(CC(C5)C2)C4)N1)C3. The van der Waals surface area contributed by atoms with Gasteiger partial charge in [-0.15, -0.1) is 0 Å². The average molecular weight is 776 g/mol. The van der Waals surface area contributed by atoms with Crippen LogP contribution >= 0.6 is 0 Å². The molecule has 13 aliphatic rings. The molecule has 0 aromatic rings. The number of carbonyl (C=O) groups excluding carboxylic acids is 6. The van der Waals surface area contributed by atoms with E-state index in [-0.39, 0.29) is 80.2 Å². The van der Waals surface area contributed by atoms with E-state index < -0.39 is 40.2 Å². The van der Waals surface area contributed by atoms with Crippen LogP contribution in [0.1, 0.15) is 128 Å². The first-order valence-electron chi connectivity index (χ1n) is 22.3. The van der Waals surface area contributed by atoms with E-state index in [0.717, 1.165) is 44.9 Å². The highest BCUT2D eigenvalue weighted by Crippen LogP contribution is 2.66. The minimum atomic E-state index is -1.06. The Hall–Kier alpha value is -3.02. The summed E-state index contributed by atoms with van der Waals surface area (Å²) >= 11 is 0. The molecule has 1 aliphatic heterocycles. The van der Waals surface area contributed by atoms with Crippen LogP contribution in [-0.4, -0.2) is 79.5 Å². The summed E-state index contributed by atoms with van der Waals surface area (Å²) in [6.45, 7) is -0.435. The van der Waals surface area contributed by atoms with Crippen molar-refractivity contribution in [3.05, 3.63) is 0 Å². The van der Waals surface area contributed by atoms with Crippen molar-refractivity contribution >= 4 is 35.4 Å². The molecular formula is C44H61N3O9. The molecule has 1 saturated heterocycles. The molecule has 12 saturated carbocycles. The molecule has 12 bridgehead atoms. The molecule has 12 aliphatic carbocycles. The van der Waals surface area contributed by atoms with Crippen LogP contribution in [0.3, 0.4) is 0 Å². The molecule has 0 aromatic heterocycles. The van der Waals surface area contributed by atoms with Crippen molar-refractivity contribution in [2.45, 2.75) is 146 Å². The van der Waals surface area contributed by atoms with Crippen molar-refractivity contribution in [1.82, 2.24) is 16.0 Å². The predicted molar refractivity (Wildman–Crippen MR) is 200 cm³/mol. The molecule has 12 heteroatoms. The smallest absolute Gasteiger partial charge is 0.312 e. The molecule has 56 heavy (non-hydrogen) atoms. The second-order valence-corrected chi connectivity index (χ2v) is 21.3. The van der Waals surface area contributed by atoms with Crippen molar-refractivity contribution in [2.24, 2.45) is 63.6 Å². The Labute approximate surface area is 329 Å². The molecule has 13 rings (SSSR count). The third-order valence-corrected chi connectivity index (χ3v) is 16.9. The van der Waals surface area contributed by atoms with Crippen LogP contribution in [-0.2, 0) is 43.0 Å². The summed E-state index contributed by atoms with van der Waals surface area (Å²) in [7, 11) is 0. The number of ether oxygens (including phenoxy) is 3. The average Bonchev–Trinajstić information content (AvgIpc) is 3.12. The van der Waals surface area contributed by atoms with Crippen molar-refractivity contribution < 1.29 is 43.0 Å². The Bertz CT molecular complexity index is 1590. The van der Waals surface area contributed by atoms with Crippen LogP contribution in [0, 0.1) is 63.6 Å².